The quantitative estimate of drug-likeness (QED) is 0.569. The van der Waals surface area contributed by atoms with E-state index >= 15 is 0 Å². The average molecular weight is 389 g/mol. The summed E-state index contributed by atoms with van der Waals surface area (Å²) in [5, 5.41) is 4.56. The predicted molar refractivity (Wildman–Crippen MR) is 114 cm³/mol. The first-order chi connectivity index (χ1) is 14.0. The minimum atomic E-state index is -0.212. The van der Waals surface area contributed by atoms with Crippen molar-refractivity contribution in [3.8, 4) is 5.75 Å². The molecule has 0 fully saturated rings. The average Bonchev–Trinajstić information content (AvgIpc) is 3.03. The van der Waals surface area contributed by atoms with Gasteiger partial charge >= 0.3 is 0 Å². The lowest BCUT2D eigenvalue weighted by Crippen LogP contribution is -2.26. The number of aromatic nitrogens is 2. The minimum Gasteiger partial charge on any atom is -0.494 e. The lowest BCUT2D eigenvalue weighted by atomic mass is 10.1. The molecule has 0 spiro atoms. The van der Waals surface area contributed by atoms with Gasteiger partial charge in [-0.15, -0.1) is 0 Å². The van der Waals surface area contributed by atoms with Gasteiger partial charge in [-0.05, 0) is 30.7 Å². The SMILES string of the molecule is CCOc1ccc(CNC(=O)c2cn(C)c(=O)c3c2c2ccccc2n3C)cc1. The Bertz CT molecular complexity index is 1270. The Balaban J connectivity index is 1.71. The van der Waals surface area contributed by atoms with Crippen LogP contribution in [0.2, 0.25) is 0 Å². The molecule has 0 aliphatic heterocycles. The van der Waals surface area contributed by atoms with Crippen molar-refractivity contribution >= 4 is 27.7 Å². The maximum atomic E-state index is 13.1. The molecule has 6 heteroatoms. The minimum absolute atomic E-state index is 0.123. The third-order valence-electron chi connectivity index (χ3n) is 5.15. The van der Waals surface area contributed by atoms with E-state index in [9.17, 15) is 9.59 Å². The highest BCUT2D eigenvalue weighted by Gasteiger charge is 2.20. The fourth-order valence-corrected chi connectivity index (χ4v) is 3.72. The molecule has 4 aromatic rings. The number of rotatable bonds is 5. The number of aryl methyl sites for hydroxylation is 2. The highest BCUT2D eigenvalue weighted by atomic mass is 16.5. The van der Waals surface area contributed by atoms with Crippen LogP contribution in [0.1, 0.15) is 22.8 Å². The number of amides is 1. The standard InChI is InChI=1S/C23H23N3O3/c1-4-29-16-11-9-15(10-12-16)13-24-22(27)18-14-25(2)23(28)21-20(18)17-7-5-6-8-19(17)26(21)3/h5-12,14H,4,13H2,1-3H3,(H,24,27). The Morgan fingerprint density at radius 3 is 2.52 bits per heavy atom. The number of benzene rings is 2. The molecule has 0 aliphatic rings. The Labute approximate surface area is 168 Å². The van der Waals surface area contributed by atoms with E-state index in [0.29, 0.717) is 29.6 Å². The number of hydrogen-bond donors (Lipinski definition) is 1. The fourth-order valence-electron chi connectivity index (χ4n) is 3.72. The maximum absolute atomic E-state index is 13.1. The molecular formula is C23H23N3O3. The summed E-state index contributed by atoms with van der Waals surface area (Å²) < 4.78 is 8.77. The number of carbonyl (C=O) groups is 1. The summed E-state index contributed by atoms with van der Waals surface area (Å²) in [5.74, 6) is 0.592. The van der Waals surface area contributed by atoms with Gasteiger partial charge in [0.05, 0.1) is 12.2 Å². The smallest absolute Gasteiger partial charge is 0.274 e. The molecule has 29 heavy (non-hydrogen) atoms. The number of pyridine rings is 1. The van der Waals surface area contributed by atoms with E-state index in [1.807, 2.05) is 67.1 Å². The molecule has 4 rings (SSSR count). The van der Waals surface area contributed by atoms with Crippen molar-refractivity contribution in [1.29, 1.82) is 0 Å². The number of hydrogen-bond acceptors (Lipinski definition) is 3. The monoisotopic (exact) mass is 389 g/mol. The number of nitrogens with zero attached hydrogens (tertiary/aromatic N) is 2. The molecule has 0 atom stereocenters. The number of carbonyl (C=O) groups excluding carboxylic acids is 1. The molecule has 2 aromatic heterocycles. The van der Waals surface area contributed by atoms with E-state index < -0.39 is 0 Å². The van der Waals surface area contributed by atoms with Crippen molar-refractivity contribution in [2.75, 3.05) is 6.61 Å². The first kappa shape index (κ1) is 18.8. The molecule has 0 bridgehead atoms. The highest BCUT2D eigenvalue weighted by molar-refractivity contribution is 6.17. The van der Waals surface area contributed by atoms with Gasteiger partial charge in [-0.3, -0.25) is 9.59 Å². The Kier molecular flexibility index (Phi) is 4.84. The van der Waals surface area contributed by atoms with Crippen molar-refractivity contribution < 1.29 is 9.53 Å². The van der Waals surface area contributed by atoms with Gasteiger partial charge in [-0.25, -0.2) is 0 Å². The van der Waals surface area contributed by atoms with E-state index in [2.05, 4.69) is 5.32 Å². The van der Waals surface area contributed by atoms with Crippen LogP contribution in [0.25, 0.3) is 21.8 Å². The third kappa shape index (κ3) is 3.27. The van der Waals surface area contributed by atoms with Gasteiger partial charge in [0.15, 0.2) is 0 Å². The van der Waals surface area contributed by atoms with Crippen LogP contribution >= 0.6 is 0 Å². The molecule has 148 valence electrons. The molecule has 2 aromatic carbocycles. The largest absolute Gasteiger partial charge is 0.494 e. The van der Waals surface area contributed by atoms with Gasteiger partial charge in [-0.2, -0.15) is 0 Å². The summed E-state index contributed by atoms with van der Waals surface area (Å²) in [6.07, 6.45) is 1.62. The van der Waals surface area contributed by atoms with Crippen molar-refractivity contribution in [3.05, 3.63) is 76.2 Å². The number of nitrogens with one attached hydrogen (secondary N) is 1. The molecule has 0 unspecified atom stereocenters. The van der Waals surface area contributed by atoms with Crippen LogP contribution in [0, 0.1) is 0 Å². The Hall–Kier alpha value is -3.54. The van der Waals surface area contributed by atoms with E-state index in [1.165, 1.54) is 4.57 Å². The first-order valence-electron chi connectivity index (χ1n) is 9.58. The first-order valence-corrected chi connectivity index (χ1v) is 9.58. The summed E-state index contributed by atoms with van der Waals surface area (Å²) in [4.78, 5) is 25.8. The van der Waals surface area contributed by atoms with Crippen LogP contribution in [-0.4, -0.2) is 21.6 Å². The van der Waals surface area contributed by atoms with E-state index in [-0.39, 0.29) is 11.5 Å². The summed E-state index contributed by atoms with van der Waals surface area (Å²) in [6, 6.07) is 15.4. The van der Waals surface area contributed by atoms with Crippen molar-refractivity contribution in [2.24, 2.45) is 14.1 Å². The van der Waals surface area contributed by atoms with Crippen LogP contribution in [0.4, 0.5) is 0 Å². The number of fused-ring (bicyclic) bond motifs is 3. The number of ether oxygens (including phenoxy) is 1. The zero-order valence-electron chi connectivity index (χ0n) is 16.7. The molecule has 1 amide bonds. The highest BCUT2D eigenvalue weighted by Crippen LogP contribution is 2.28. The predicted octanol–water partition coefficient (Wildman–Crippen LogP) is 3.36. The van der Waals surface area contributed by atoms with Crippen LogP contribution in [0.15, 0.2) is 59.5 Å². The van der Waals surface area contributed by atoms with Gasteiger partial charge in [0, 0.05) is 43.1 Å². The van der Waals surface area contributed by atoms with E-state index in [0.717, 1.165) is 22.2 Å². The van der Waals surface area contributed by atoms with Gasteiger partial charge in [0.1, 0.15) is 11.3 Å². The van der Waals surface area contributed by atoms with Crippen LogP contribution in [-0.2, 0) is 20.6 Å². The normalized spacial score (nSPS) is 11.1. The molecule has 1 N–H and O–H groups in total. The summed E-state index contributed by atoms with van der Waals surface area (Å²) in [5.41, 5.74) is 2.79. The maximum Gasteiger partial charge on any atom is 0.274 e. The van der Waals surface area contributed by atoms with Crippen molar-refractivity contribution in [2.45, 2.75) is 13.5 Å². The molecule has 2 heterocycles. The summed E-state index contributed by atoms with van der Waals surface area (Å²) in [7, 11) is 3.52. The summed E-state index contributed by atoms with van der Waals surface area (Å²) in [6.45, 7) is 2.94. The van der Waals surface area contributed by atoms with Gasteiger partial charge in [0.2, 0.25) is 0 Å². The summed E-state index contributed by atoms with van der Waals surface area (Å²) >= 11 is 0. The lowest BCUT2D eigenvalue weighted by molar-refractivity contribution is 0.0952. The van der Waals surface area contributed by atoms with Crippen molar-refractivity contribution in [1.82, 2.24) is 14.5 Å². The molecule has 0 aliphatic carbocycles. The van der Waals surface area contributed by atoms with E-state index in [1.54, 1.807) is 13.2 Å². The van der Waals surface area contributed by atoms with E-state index in [4.69, 9.17) is 4.74 Å². The zero-order chi connectivity index (χ0) is 20.5. The molecule has 0 saturated carbocycles. The number of para-hydroxylation sites is 1. The van der Waals surface area contributed by atoms with Crippen LogP contribution in [0.3, 0.4) is 0 Å². The second-order valence-electron chi connectivity index (χ2n) is 7.02. The Morgan fingerprint density at radius 2 is 1.79 bits per heavy atom. The third-order valence-corrected chi connectivity index (χ3v) is 5.15. The molecular weight excluding hydrogens is 366 g/mol. The second kappa shape index (κ2) is 7.47. The van der Waals surface area contributed by atoms with Gasteiger partial charge in [0.25, 0.3) is 11.5 Å². The van der Waals surface area contributed by atoms with Gasteiger partial charge < -0.3 is 19.2 Å². The molecule has 6 nitrogen and oxygen atoms in total. The second-order valence-corrected chi connectivity index (χ2v) is 7.02. The van der Waals surface area contributed by atoms with Crippen LogP contribution < -0.4 is 15.6 Å². The van der Waals surface area contributed by atoms with Crippen molar-refractivity contribution in [3.63, 3.8) is 0 Å². The molecule has 0 saturated heterocycles. The lowest BCUT2D eigenvalue weighted by Gasteiger charge is -2.10. The topological polar surface area (TPSA) is 65.3 Å². The van der Waals surface area contributed by atoms with Crippen LogP contribution in [0.5, 0.6) is 5.75 Å². The Morgan fingerprint density at radius 1 is 1.07 bits per heavy atom. The van der Waals surface area contributed by atoms with Gasteiger partial charge in [-0.1, -0.05) is 30.3 Å². The fraction of sp³-hybridized carbons (Fsp3) is 0.217. The zero-order valence-corrected chi connectivity index (χ0v) is 16.7. The molecule has 0 radical (unpaired) electrons.